The lowest BCUT2D eigenvalue weighted by Gasteiger charge is -2.11. The molecule has 0 bridgehead atoms. The molecule has 0 atom stereocenters. The maximum absolute atomic E-state index is 12.3. The van der Waals surface area contributed by atoms with E-state index in [0.717, 1.165) is 0 Å². The third-order valence-electron chi connectivity index (χ3n) is 3.11. The van der Waals surface area contributed by atoms with Crippen LogP contribution in [0.2, 0.25) is 0 Å². The Labute approximate surface area is 135 Å². The third-order valence-corrected chi connectivity index (χ3v) is 4.53. The normalized spacial score (nSPS) is 11.3. The highest BCUT2D eigenvalue weighted by molar-refractivity contribution is 7.89. The smallest absolute Gasteiger partial charge is 0.240 e. The first-order valence-electron chi connectivity index (χ1n) is 6.89. The van der Waals surface area contributed by atoms with E-state index in [1.54, 1.807) is 31.3 Å². The fraction of sp³-hybridized carbons (Fsp3) is 0.267. The first-order valence-corrected chi connectivity index (χ1v) is 8.38. The monoisotopic (exact) mass is 334 g/mol. The molecule has 0 fully saturated rings. The number of nitrogens with one attached hydrogen (secondary N) is 1. The van der Waals surface area contributed by atoms with Crippen molar-refractivity contribution in [2.45, 2.75) is 18.4 Å². The van der Waals surface area contributed by atoms with Crippen molar-refractivity contribution in [2.75, 3.05) is 19.0 Å². The summed E-state index contributed by atoms with van der Waals surface area (Å²) in [6.07, 6.45) is 1.58. The van der Waals surface area contributed by atoms with Crippen LogP contribution < -0.4 is 9.62 Å². The van der Waals surface area contributed by atoms with Crippen molar-refractivity contribution >= 4 is 21.8 Å². The van der Waals surface area contributed by atoms with Gasteiger partial charge in [0.15, 0.2) is 5.78 Å². The summed E-state index contributed by atoms with van der Waals surface area (Å²) in [5, 5.41) is 0. The number of carbonyl (C=O) groups is 1. The van der Waals surface area contributed by atoms with Gasteiger partial charge in [0.2, 0.25) is 16.0 Å². The lowest BCUT2D eigenvalue weighted by atomic mass is 10.2. The quantitative estimate of drug-likeness (QED) is 0.799. The summed E-state index contributed by atoms with van der Waals surface area (Å²) in [7, 11) is -0.0585. The van der Waals surface area contributed by atoms with Gasteiger partial charge in [0, 0.05) is 25.9 Å². The Kier molecular flexibility index (Phi) is 5.07. The van der Waals surface area contributed by atoms with E-state index in [1.807, 2.05) is 0 Å². The number of ketones is 1. The van der Waals surface area contributed by atoms with E-state index >= 15 is 0 Å². The van der Waals surface area contributed by atoms with Crippen LogP contribution in [0.3, 0.4) is 0 Å². The number of Topliss-reactive ketones (excluding diaryl/α,β-unsaturated/α-hetero) is 1. The minimum Gasteiger partial charge on any atom is -0.347 e. The van der Waals surface area contributed by atoms with Gasteiger partial charge in [0.1, 0.15) is 0 Å². The van der Waals surface area contributed by atoms with Gasteiger partial charge in [-0.15, -0.1) is 0 Å². The van der Waals surface area contributed by atoms with E-state index < -0.39 is 10.0 Å². The van der Waals surface area contributed by atoms with Gasteiger partial charge in [-0.05, 0) is 25.1 Å². The Morgan fingerprint density at radius 2 is 1.83 bits per heavy atom. The van der Waals surface area contributed by atoms with Crippen molar-refractivity contribution in [1.29, 1.82) is 0 Å². The molecule has 0 amide bonds. The van der Waals surface area contributed by atoms with Crippen LogP contribution in [-0.4, -0.2) is 38.3 Å². The summed E-state index contributed by atoms with van der Waals surface area (Å²) < 4.78 is 27.0. The molecule has 0 saturated carbocycles. The summed E-state index contributed by atoms with van der Waals surface area (Å²) in [5.41, 5.74) is 1.03. The molecule has 1 N–H and O–H groups in total. The Morgan fingerprint density at radius 1 is 1.17 bits per heavy atom. The van der Waals surface area contributed by atoms with Gasteiger partial charge >= 0.3 is 0 Å². The standard InChI is InChI=1S/C15H18N4O3S/c1-11(20)12-4-6-14(7-5-12)23(21,22)17-10-13-8-9-16-15(18-13)19(2)3/h4-9,17H,10H2,1-3H3. The van der Waals surface area contributed by atoms with Gasteiger partial charge in [-0.2, -0.15) is 0 Å². The summed E-state index contributed by atoms with van der Waals surface area (Å²) in [6.45, 7) is 1.49. The number of aromatic nitrogens is 2. The van der Waals surface area contributed by atoms with Crippen LogP contribution in [0.4, 0.5) is 5.95 Å². The van der Waals surface area contributed by atoms with E-state index in [1.165, 1.54) is 31.2 Å². The lowest BCUT2D eigenvalue weighted by Crippen LogP contribution is -2.24. The lowest BCUT2D eigenvalue weighted by molar-refractivity contribution is 0.101. The van der Waals surface area contributed by atoms with Crippen molar-refractivity contribution in [1.82, 2.24) is 14.7 Å². The van der Waals surface area contributed by atoms with E-state index in [9.17, 15) is 13.2 Å². The number of hydrogen-bond donors (Lipinski definition) is 1. The van der Waals surface area contributed by atoms with E-state index in [2.05, 4.69) is 14.7 Å². The van der Waals surface area contributed by atoms with Crippen LogP contribution in [0.15, 0.2) is 41.4 Å². The zero-order valence-electron chi connectivity index (χ0n) is 13.1. The van der Waals surface area contributed by atoms with Crippen LogP contribution in [0.25, 0.3) is 0 Å². The van der Waals surface area contributed by atoms with Crippen molar-refractivity contribution in [3.63, 3.8) is 0 Å². The molecule has 1 aromatic carbocycles. The topological polar surface area (TPSA) is 92.3 Å². The molecule has 0 saturated heterocycles. The zero-order valence-corrected chi connectivity index (χ0v) is 14.0. The molecule has 7 nitrogen and oxygen atoms in total. The van der Waals surface area contributed by atoms with E-state index in [-0.39, 0.29) is 17.2 Å². The average Bonchev–Trinajstić information content (AvgIpc) is 2.53. The summed E-state index contributed by atoms with van der Waals surface area (Å²) in [5.74, 6) is 0.395. The molecule has 23 heavy (non-hydrogen) atoms. The summed E-state index contributed by atoms with van der Waals surface area (Å²) in [4.78, 5) is 21.4. The van der Waals surface area contributed by atoms with Crippen LogP contribution in [0, 0.1) is 0 Å². The number of sulfonamides is 1. The van der Waals surface area contributed by atoms with Gasteiger partial charge < -0.3 is 4.90 Å². The second-order valence-electron chi connectivity index (χ2n) is 5.15. The van der Waals surface area contributed by atoms with Crippen LogP contribution in [0.5, 0.6) is 0 Å². The molecular formula is C15H18N4O3S. The number of anilines is 1. The second-order valence-corrected chi connectivity index (χ2v) is 6.91. The maximum Gasteiger partial charge on any atom is 0.240 e. The first kappa shape index (κ1) is 17.0. The molecule has 0 aliphatic carbocycles. The number of rotatable bonds is 6. The van der Waals surface area contributed by atoms with Crippen molar-refractivity contribution < 1.29 is 13.2 Å². The van der Waals surface area contributed by atoms with Gasteiger partial charge in [-0.25, -0.2) is 23.1 Å². The molecule has 0 unspecified atom stereocenters. The minimum absolute atomic E-state index is 0.0557. The fourth-order valence-electron chi connectivity index (χ4n) is 1.82. The molecule has 0 aliphatic rings. The molecule has 1 aromatic heterocycles. The van der Waals surface area contributed by atoms with Crippen molar-refractivity contribution in [3.05, 3.63) is 47.8 Å². The highest BCUT2D eigenvalue weighted by atomic mass is 32.2. The second kappa shape index (κ2) is 6.84. The Bertz CT molecular complexity index is 802. The summed E-state index contributed by atoms with van der Waals surface area (Å²) >= 11 is 0. The fourth-order valence-corrected chi connectivity index (χ4v) is 2.82. The van der Waals surface area contributed by atoms with Crippen LogP contribution >= 0.6 is 0 Å². The Morgan fingerprint density at radius 3 is 2.39 bits per heavy atom. The van der Waals surface area contributed by atoms with Crippen molar-refractivity contribution in [3.8, 4) is 0 Å². The Balaban J connectivity index is 2.12. The average molecular weight is 334 g/mol. The largest absolute Gasteiger partial charge is 0.347 e. The molecular weight excluding hydrogens is 316 g/mol. The van der Waals surface area contributed by atoms with Gasteiger partial charge in [0.05, 0.1) is 17.1 Å². The van der Waals surface area contributed by atoms with E-state index in [0.29, 0.717) is 17.2 Å². The van der Waals surface area contributed by atoms with Gasteiger partial charge in [-0.1, -0.05) is 12.1 Å². The van der Waals surface area contributed by atoms with Gasteiger partial charge in [0.25, 0.3) is 0 Å². The van der Waals surface area contributed by atoms with Gasteiger partial charge in [-0.3, -0.25) is 4.79 Å². The third kappa shape index (κ3) is 4.33. The molecule has 0 spiro atoms. The Hall–Kier alpha value is -2.32. The highest BCUT2D eigenvalue weighted by Crippen LogP contribution is 2.12. The molecule has 8 heteroatoms. The zero-order chi connectivity index (χ0) is 17.0. The van der Waals surface area contributed by atoms with E-state index in [4.69, 9.17) is 0 Å². The molecule has 2 rings (SSSR count). The number of carbonyl (C=O) groups excluding carboxylic acids is 1. The predicted octanol–water partition coefficient (Wildman–Crippen LogP) is 1.22. The maximum atomic E-state index is 12.3. The number of benzene rings is 1. The number of hydrogen-bond acceptors (Lipinski definition) is 6. The molecule has 2 aromatic rings. The van der Waals surface area contributed by atoms with Crippen molar-refractivity contribution in [2.24, 2.45) is 0 Å². The first-order chi connectivity index (χ1) is 10.8. The SMILES string of the molecule is CC(=O)c1ccc(S(=O)(=O)NCc2ccnc(N(C)C)n2)cc1. The van der Waals surface area contributed by atoms with Crippen LogP contribution in [0.1, 0.15) is 23.0 Å². The molecule has 0 radical (unpaired) electrons. The predicted molar refractivity (Wildman–Crippen MR) is 86.8 cm³/mol. The molecule has 122 valence electrons. The molecule has 0 aliphatic heterocycles. The molecule has 1 heterocycles. The minimum atomic E-state index is -3.67. The summed E-state index contributed by atoms with van der Waals surface area (Å²) in [6, 6.07) is 7.44. The highest BCUT2D eigenvalue weighted by Gasteiger charge is 2.14. The number of nitrogens with zero attached hydrogens (tertiary/aromatic N) is 3. The van der Waals surface area contributed by atoms with Crippen LogP contribution in [-0.2, 0) is 16.6 Å².